The van der Waals surface area contributed by atoms with E-state index in [1.54, 1.807) is 12.1 Å². The Balaban J connectivity index is 1.78. The lowest BCUT2D eigenvalue weighted by Crippen LogP contribution is -2.42. The number of nitrogens with one attached hydrogen (secondary N) is 3. The summed E-state index contributed by atoms with van der Waals surface area (Å²) in [6.07, 6.45) is 0. The zero-order valence-electron chi connectivity index (χ0n) is 19.0. The highest BCUT2D eigenvalue weighted by molar-refractivity contribution is 5.73. The van der Waals surface area contributed by atoms with Crippen molar-refractivity contribution in [2.75, 3.05) is 17.2 Å². The molecule has 1 heterocycles. The van der Waals surface area contributed by atoms with Crippen molar-refractivity contribution in [3.8, 4) is 0 Å². The third-order valence-electron chi connectivity index (χ3n) is 6.13. The minimum atomic E-state index is -0.396. The molecule has 170 valence electrons. The second kappa shape index (κ2) is 9.32. The highest BCUT2D eigenvalue weighted by atomic mass is 16.6. The van der Waals surface area contributed by atoms with Gasteiger partial charge in [0.05, 0.1) is 17.0 Å². The molecule has 3 atom stereocenters. The van der Waals surface area contributed by atoms with Crippen LogP contribution in [0.1, 0.15) is 41.3 Å². The summed E-state index contributed by atoms with van der Waals surface area (Å²) in [7, 11) is 0. The van der Waals surface area contributed by atoms with Crippen LogP contribution in [0.3, 0.4) is 0 Å². The van der Waals surface area contributed by atoms with Gasteiger partial charge in [-0.3, -0.25) is 14.9 Å². The summed E-state index contributed by atoms with van der Waals surface area (Å²) in [5, 5.41) is 21.4. The summed E-state index contributed by atoms with van der Waals surface area (Å²) in [6.45, 7) is 6.07. The molecule has 1 aliphatic rings. The first kappa shape index (κ1) is 22.3. The summed E-state index contributed by atoms with van der Waals surface area (Å²) in [6, 6.07) is 20.9. The molecule has 0 saturated carbocycles. The average Bonchev–Trinajstić information content (AvgIpc) is 2.79. The van der Waals surface area contributed by atoms with Gasteiger partial charge in [-0.1, -0.05) is 47.5 Å². The Morgan fingerprint density at radius 2 is 1.67 bits per heavy atom. The van der Waals surface area contributed by atoms with Gasteiger partial charge in [0, 0.05) is 42.9 Å². The van der Waals surface area contributed by atoms with Gasteiger partial charge in [-0.15, -0.1) is 0 Å². The highest BCUT2D eigenvalue weighted by Crippen LogP contribution is 2.45. The van der Waals surface area contributed by atoms with Gasteiger partial charge in [0.2, 0.25) is 5.91 Å². The van der Waals surface area contributed by atoms with E-state index >= 15 is 0 Å². The number of carbonyl (C=O) groups is 1. The third kappa shape index (κ3) is 4.98. The van der Waals surface area contributed by atoms with E-state index in [-0.39, 0.29) is 29.6 Å². The average molecular weight is 445 g/mol. The Bertz CT molecular complexity index is 1160. The minimum absolute atomic E-state index is 0.0500. The monoisotopic (exact) mass is 444 g/mol. The largest absolute Gasteiger partial charge is 0.378 e. The van der Waals surface area contributed by atoms with Crippen LogP contribution in [0.2, 0.25) is 0 Å². The van der Waals surface area contributed by atoms with Gasteiger partial charge in [-0.05, 0) is 43.2 Å². The number of benzene rings is 3. The Kier molecular flexibility index (Phi) is 6.31. The van der Waals surface area contributed by atoms with Crippen molar-refractivity contribution in [1.82, 2.24) is 5.32 Å². The number of anilines is 2. The molecular formula is C26H28N4O3. The van der Waals surface area contributed by atoms with Crippen LogP contribution in [0, 0.1) is 29.9 Å². The summed E-state index contributed by atoms with van der Waals surface area (Å²) < 4.78 is 0. The Hall–Kier alpha value is -3.87. The molecular weight excluding hydrogens is 416 g/mol. The molecule has 0 spiro atoms. The number of nitrogens with zero attached hydrogens (tertiary/aromatic N) is 1. The third-order valence-corrected chi connectivity index (χ3v) is 6.13. The fourth-order valence-corrected chi connectivity index (χ4v) is 4.41. The molecule has 7 nitrogen and oxygen atoms in total. The summed E-state index contributed by atoms with van der Waals surface area (Å²) in [4.78, 5) is 22.6. The normalized spacial score (nSPS) is 19.2. The van der Waals surface area contributed by atoms with Gasteiger partial charge in [0.1, 0.15) is 0 Å². The van der Waals surface area contributed by atoms with Crippen molar-refractivity contribution in [2.45, 2.75) is 32.9 Å². The highest BCUT2D eigenvalue weighted by Gasteiger charge is 2.38. The van der Waals surface area contributed by atoms with Crippen molar-refractivity contribution in [3.05, 3.63) is 99.1 Å². The number of non-ortho nitro benzene ring substituents is 1. The van der Waals surface area contributed by atoms with Crippen molar-refractivity contribution in [1.29, 1.82) is 0 Å². The quantitative estimate of drug-likeness (QED) is 0.355. The van der Waals surface area contributed by atoms with Gasteiger partial charge >= 0.3 is 0 Å². The molecule has 3 aromatic carbocycles. The second-order valence-corrected chi connectivity index (χ2v) is 8.65. The molecule has 0 fully saturated rings. The Morgan fingerprint density at radius 3 is 2.30 bits per heavy atom. The molecule has 0 unspecified atom stereocenters. The van der Waals surface area contributed by atoms with E-state index in [4.69, 9.17) is 0 Å². The Labute approximate surface area is 193 Å². The maximum absolute atomic E-state index is 11.8. The number of nitro benzene ring substituents is 1. The summed E-state index contributed by atoms with van der Waals surface area (Å²) >= 11 is 0. The lowest BCUT2D eigenvalue weighted by Gasteiger charge is -2.42. The molecule has 1 amide bonds. The zero-order valence-corrected chi connectivity index (χ0v) is 19.0. The van der Waals surface area contributed by atoms with Crippen LogP contribution in [0.4, 0.5) is 17.1 Å². The van der Waals surface area contributed by atoms with Crippen molar-refractivity contribution in [2.24, 2.45) is 5.92 Å². The fraction of sp³-hybridized carbons (Fsp3) is 0.269. The molecule has 3 aromatic rings. The molecule has 33 heavy (non-hydrogen) atoms. The van der Waals surface area contributed by atoms with Crippen molar-refractivity contribution >= 4 is 23.0 Å². The lowest BCUT2D eigenvalue weighted by molar-refractivity contribution is -0.384. The molecule has 0 saturated heterocycles. The first-order valence-electron chi connectivity index (χ1n) is 11.0. The first-order chi connectivity index (χ1) is 15.8. The topological polar surface area (TPSA) is 96.3 Å². The fourth-order valence-electron chi connectivity index (χ4n) is 4.41. The summed E-state index contributed by atoms with van der Waals surface area (Å²) in [5.74, 6) is -0.146. The van der Waals surface area contributed by atoms with Crippen LogP contribution in [0.25, 0.3) is 0 Å². The van der Waals surface area contributed by atoms with Crippen LogP contribution in [-0.4, -0.2) is 17.4 Å². The van der Waals surface area contributed by atoms with Crippen molar-refractivity contribution < 1.29 is 9.72 Å². The maximum atomic E-state index is 11.8. The van der Waals surface area contributed by atoms with Gasteiger partial charge in [-0.2, -0.15) is 0 Å². The molecule has 3 N–H and O–H groups in total. The maximum Gasteiger partial charge on any atom is 0.269 e. The van der Waals surface area contributed by atoms with Gasteiger partial charge in [-0.25, -0.2) is 0 Å². The lowest BCUT2D eigenvalue weighted by atomic mass is 9.78. The van der Waals surface area contributed by atoms with E-state index in [0.717, 1.165) is 28.1 Å². The number of carbonyl (C=O) groups excluding carboxylic acids is 1. The van der Waals surface area contributed by atoms with Crippen LogP contribution in [0.15, 0.2) is 66.7 Å². The predicted octanol–water partition coefficient (Wildman–Crippen LogP) is 5.28. The molecule has 0 aromatic heterocycles. The standard InChI is InChI=1S/C26H28N4O3/c1-16-4-9-20(10-5-16)28-26-22-14-17(2)6-13-24(22)29-25(23(26)15-27-18(3)31)19-7-11-21(12-8-19)30(32)33/h4-14,23,25-26,28-29H,15H2,1-3H3,(H,27,31)/t23-,25+,26-/m0/s1. The van der Waals surface area contributed by atoms with E-state index in [1.165, 1.54) is 24.6 Å². The first-order valence-corrected chi connectivity index (χ1v) is 11.0. The van der Waals surface area contributed by atoms with Crippen molar-refractivity contribution in [3.63, 3.8) is 0 Å². The smallest absolute Gasteiger partial charge is 0.269 e. The van der Waals surface area contributed by atoms with E-state index < -0.39 is 4.92 Å². The van der Waals surface area contributed by atoms with Gasteiger partial charge in [0.15, 0.2) is 0 Å². The van der Waals surface area contributed by atoms with Crippen LogP contribution >= 0.6 is 0 Å². The number of rotatable bonds is 6. The number of amides is 1. The minimum Gasteiger partial charge on any atom is -0.378 e. The van der Waals surface area contributed by atoms with Crippen LogP contribution in [-0.2, 0) is 4.79 Å². The number of nitro groups is 1. The molecule has 1 aliphatic heterocycles. The van der Waals surface area contributed by atoms with E-state index in [2.05, 4.69) is 72.3 Å². The van der Waals surface area contributed by atoms with E-state index in [1.807, 2.05) is 0 Å². The SMILES string of the molecule is CC(=O)NC[C@H]1[C@@H](c2ccc([N+](=O)[O-])cc2)Nc2ccc(C)cc2[C@@H]1Nc1ccc(C)cc1. The number of hydrogen-bond acceptors (Lipinski definition) is 5. The van der Waals surface area contributed by atoms with Crippen LogP contribution in [0.5, 0.6) is 0 Å². The number of aryl methyl sites for hydroxylation is 2. The predicted molar refractivity (Wildman–Crippen MR) is 130 cm³/mol. The molecule has 0 aliphatic carbocycles. The zero-order chi connectivity index (χ0) is 23.5. The number of fused-ring (bicyclic) bond motifs is 1. The summed E-state index contributed by atoms with van der Waals surface area (Å²) in [5.41, 5.74) is 6.45. The van der Waals surface area contributed by atoms with E-state index in [0.29, 0.717) is 6.54 Å². The van der Waals surface area contributed by atoms with Gasteiger partial charge < -0.3 is 16.0 Å². The second-order valence-electron chi connectivity index (χ2n) is 8.65. The van der Waals surface area contributed by atoms with Gasteiger partial charge in [0.25, 0.3) is 5.69 Å². The van der Waals surface area contributed by atoms with E-state index in [9.17, 15) is 14.9 Å². The molecule has 0 bridgehead atoms. The Morgan fingerprint density at radius 1 is 1.00 bits per heavy atom. The molecule has 4 rings (SSSR count). The van der Waals surface area contributed by atoms with Crippen LogP contribution < -0.4 is 16.0 Å². The molecule has 0 radical (unpaired) electrons. The molecule has 7 heteroatoms. The number of hydrogen-bond donors (Lipinski definition) is 3.